The smallest absolute Gasteiger partial charge is 0.217 e. The second kappa shape index (κ2) is 17.7. The molecule has 0 saturated carbocycles. The molecule has 276 valence electrons. The third kappa shape index (κ3) is 9.14. The van der Waals surface area contributed by atoms with Gasteiger partial charge in [-0.2, -0.15) is 4.89 Å². The van der Waals surface area contributed by atoms with Gasteiger partial charge in [0.1, 0.15) is 48.8 Å². The minimum absolute atomic E-state index is 0.137. The van der Waals surface area contributed by atoms with Crippen molar-refractivity contribution in [3.8, 4) is 0 Å². The van der Waals surface area contributed by atoms with E-state index in [4.69, 9.17) is 38.5 Å². The van der Waals surface area contributed by atoms with Gasteiger partial charge in [0.25, 0.3) is 0 Å². The molecule has 20 heteroatoms. The van der Waals surface area contributed by atoms with Crippen LogP contribution >= 0.6 is 0 Å². The Morgan fingerprint density at radius 1 is 0.667 bits per heavy atom. The standard InChI is InChI=1S/C28H47N3O17/c1-11(35)29-21-19(44-18(6-34)24(38)25(21)39)9-41-7-14-16(4-32)43-20-10-42-8-15-17(5-33)45-28(40)23(31-13(3)37)27(15)47-48-46-26(14)22(20)30-12(2)36/h14-28,32-34,38-40H,4-10H2,1-3H3,(H,29,35)(H,30,36)(H,31,37)/t14-,15-,16?,17?,18?,19-,20-,21?,22?,23?,24+,25+,26-,27-,28+/m0/s1. The zero-order valence-corrected chi connectivity index (χ0v) is 26.8. The maximum atomic E-state index is 12.3. The lowest BCUT2D eigenvalue weighted by molar-refractivity contribution is -0.557. The van der Waals surface area contributed by atoms with E-state index in [1.54, 1.807) is 0 Å². The normalized spacial score (nSPS) is 42.1. The zero-order valence-electron chi connectivity index (χ0n) is 26.8. The second-order valence-corrected chi connectivity index (χ2v) is 12.3. The maximum absolute atomic E-state index is 12.3. The molecular weight excluding hydrogens is 650 g/mol. The first-order valence-electron chi connectivity index (χ1n) is 15.7. The first-order chi connectivity index (χ1) is 22.9. The summed E-state index contributed by atoms with van der Waals surface area (Å²) in [4.78, 5) is 47.4. The molecule has 4 rings (SSSR count). The van der Waals surface area contributed by atoms with Gasteiger partial charge in [-0.15, -0.1) is 0 Å². The molecule has 4 aliphatic heterocycles. The summed E-state index contributed by atoms with van der Waals surface area (Å²) in [5.41, 5.74) is 0. The van der Waals surface area contributed by atoms with Crippen molar-refractivity contribution in [3.05, 3.63) is 0 Å². The summed E-state index contributed by atoms with van der Waals surface area (Å²) in [5, 5.41) is 74.5. The molecule has 20 nitrogen and oxygen atoms in total. The van der Waals surface area contributed by atoms with Crippen LogP contribution in [0.15, 0.2) is 0 Å². The van der Waals surface area contributed by atoms with Crippen molar-refractivity contribution in [2.45, 2.75) is 100 Å². The number of nitrogens with one attached hydrogen (secondary N) is 3. The van der Waals surface area contributed by atoms with E-state index in [0.717, 1.165) is 0 Å². The Bertz CT molecular complexity index is 1070. The molecule has 0 aromatic carbocycles. The molecule has 0 spiro atoms. The highest BCUT2D eigenvalue weighted by Crippen LogP contribution is 2.34. The van der Waals surface area contributed by atoms with Gasteiger partial charge in [0, 0.05) is 32.6 Å². The Balaban J connectivity index is 1.56. The highest BCUT2D eigenvalue weighted by molar-refractivity contribution is 5.74. The number of hydrogen-bond acceptors (Lipinski definition) is 17. The van der Waals surface area contributed by atoms with E-state index < -0.39 is 129 Å². The molecule has 48 heavy (non-hydrogen) atoms. The molecule has 0 aliphatic carbocycles. The van der Waals surface area contributed by atoms with Crippen LogP contribution in [0.3, 0.4) is 0 Å². The Labute approximate surface area is 275 Å². The van der Waals surface area contributed by atoms with E-state index in [2.05, 4.69) is 16.0 Å². The van der Waals surface area contributed by atoms with Crippen molar-refractivity contribution in [2.75, 3.05) is 46.2 Å². The molecule has 9 N–H and O–H groups in total. The van der Waals surface area contributed by atoms with Crippen molar-refractivity contribution in [1.29, 1.82) is 0 Å². The van der Waals surface area contributed by atoms with Gasteiger partial charge in [0.15, 0.2) is 6.29 Å². The summed E-state index contributed by atoms with van der Waals surface area (Å²) in [7, 11) is 0. The molecular formula is C28H47N3O17. The molecule has 3 amide bonds. The van der Waals surface area contributed by atoms with Gasteiger partial charge in [0.2, 0.25) is 17.7 Å². The highest BCUT2D eigenvalue weighted by atomic mass is 17.5. The average Bonchev–Trinajstić information content (AvgIpc) is 3.05. The minimum Gasteiger partial charge on any atom is -0.394 e. The number of rotatable bonds is 10. The van der Waals surface area contributed by atoms with E-state index >= 15 is 0 Å². The summed E-state index contributed by atoms with van der Waals surface area (Å²) in [6.07, 6.45) is -11.9. The van der Waals surface area contributed by atoms with Crippen molar-refractivity contribution >= 4 is 17.7 Å². The number of carbonyl (C=O) groups is 3. The lowest BCUT2D eigenvalue weighted by atomic mass is 9.85. The Kier molecular flexibility index (Phi) is 14.2. The van der Waals surface area contributed by atoms with Crippen LogP contribution in [0.2, 0.25) is 0 Å². The van der Waals surface area contributed by atoms with Gasteiger partial charge in [-0.25, -0.2) is 4.89 Å². The van der Waals surface area contributed by atoms with Crippen molar-refractivity contribution in [1.82, 2.24) is 16.0 Å². The molecule has 0 aromatic rings. The number of carbonyl (C=O) groups excluding carboxylic acids is 3. The van der Waals surface area contributed by atoms with E-state index in [0.29, 0.717) is 0 Å². The van der Waals surface area contributed by atoms with Gasteiger partial charge in [-0.3, -0.25) is 14.4 Å². The van der Waals surface area contributed by atoms with Crippen molar-refractivity contribution in [3.63, 3.8) is 0 Å². The van der Waals surface area contributed by atoms with Crippen LogP contribution in [0.25, 0.3) is 0 Å². The predicted molar refractivity (Wildman–Crippen MR) is 154 cm³/mol. The molecule has 4 aliphatic rings. The van der Waals surface area contributed by atoms with E-state index in [-0.39, 0.29) is 26.4 Å². The SMILES string of the molecule is CC(=O)NC1[C@H](COC[C@H]2C(CO)O[C@H]3COC[C@H]4C(CO)O[C@@H](O)C(NC(C)=O)[C@H]4OOO[C@@H]2C3NC(C)=O)OC(CO)[C@@H](O)[C@@H]1O. The molecule has 4 saturated heterocycles. The van der Waals surface area contributed by atoms with Crippen LogP contribution in [0, 0.1) is 11.8 Å². The summed E-state index contributed by atoms with van der Waals surface area (Å²) in [6.45, 7) is 1.22. The monoisotopic (exact) mass is 697 g/mol. The molecule has 0 radical (unpaired) electrons. The van der Waals surface area contributed by atoms with Crippen LogP contribution in [0.1, 0.15) is 20.8 Å². The molecule has 4 heterocycles. The van der Waals surface area contributed by atoms with Gasteiger partial charge < -0.3 is 70.3 Å². The molecule has 0 aromatic heterocycles. The third-order valence-corrected chi connectivity index (χ3v) is 8.86. The lowest BCUT2D eigenvalue weighted by Crippen LogP contribution is -2.65. The quantitative estimate of drug-likeness (QED) is 0.0962. The third-order valence-electron chi connectivity index (χ3n) is 8.86. The number of aliphatic hydroxyl groups excluding tert-OH is 6. The second-order valence-electron chi connectivity index (χ2n) is 12.3. The number of hydrogen-bond donors (Lipinski definition) is 9. The highest BCUT2D eigenvalue weighted by Gasteiger charge is 2.52. The molecule has 2 bridgehead atoms. The fourth-order valence-electron chi connectivity index (χ4n) is 6.57. The molecule has 6 unspecified atom stereocenters. The van der Waals surface area contributed by atoms with Crippen LogP contribution in [0.5, 0.6) is 0 Å². The van der Waals surface area contributed by atoms with E-state index in [1.165, 1.54) is 20.8 Å². The Hall–Kier alpha value is -2.15. The minimum atomic E-state index is -1.59. The van der Waals surface area contributed by atoms with Crippen LogP contribution in [-0.4, -0.2) is 174 Å². The number of fused-ring (bicyclic) bond motifs is 3. The summed E-state index contributed by atoms with van der Waals surface area (Å²) in [5.74, 6) is -3.17. The van der Waals surface area contributed by atoms with Crippen molar-refractivity contribution < 1.29 is 83.5 Å². The lowest BCUT2D eigenvalue weighted by Gasteiger charge is -2.45. The Morgan fingerprint density at radius 2 is 1.27 bits per heavy atom. The van der Waals surface area contributed by atoms with Crippen LogP contribution in [0.4, 0.5) is 0 Å². The average molecular weight is 698 g/mol. The first kappa shape index (κ1) is 38.6. The first-order valence-corrected chi connectivity index (χ1v) is 15.7. The summed E-state index contributed by atoms with van der Waals surface area (Å²) < 4.78 is 29.2. The number of amides is 3. The zero-order chi connectivity index (χ0) is 35.1. The molecule has 15 atom stereocenters. The van der Waals surface area contributed by atoms with Crippen molar-refractivity contribution in [2.24, 2.45) is 11.8 Å². The van der Waals surface area contributed by atoms with E-state index in [1.807, 2.05) is 0 Å². The van der Waals surface area contributed by atoms with Crippen LogP contribution in [-0.2, 0) is 52.9 Å². The summed E-state index contributed by atoms with van der Waals surface area (Å²) >= 11 is 0. The summed E-state index contributed by atoms with van der Waals surface area (Å²) in [6, 6.07) is -3.23. The van der Waals surface area contributed by atoms with Gasteiger partial charge in [-0.05, 0) is 0 Å². The van der Waals surface area contributed by atoms with Gasteiger partial charge >= 0.3 is 0 Å². The topological polar surface area (TPSA) is 283 Å². The maximum Gasteiger partial charge on any atom is 0.217 e. The van der Waals surface area contributed by atoms with Gasteiger partial charge in [0.05, 0.1) is 70.5 Å². The fourth-order valence-corrected chi connectivity index (χ4v) is 6.57. The number of ether oxygens (including phenoxy) is 5. The fraction of sp³-hybridized carbons (Fsp3) is 0.893. The number of aliphatic hydroxyl groups is 6. The predicted octanol–water partition coefficient (Wildman–Crippen LogP) is -5.65. The van der Waals surface area contributed by atoms with E-state index in [9.17, 15) is 45.0 Å². The largest absolute Gasteiger partial charge is 0.394 e. The van der Waals surface area contributed by atoms with Gasteiger partial charge in [-0.1, -0.05) is 5.04 Å². The molecule has 4 fully saturated rings. The van der Waals surface area contributed by atoms with Crippen LogP contribution < -0.4 is 16.0 Å². The Morgan fingerprint density at radius 3 is 1.90 bits per heavy atom.